The Kier molecular flexibility index (Phi) is 4.53. The lowest BCUT2D eigenvalue weighted by molar-refractivity contribution is -0.0580. The van der Waals surface area contributed by atoms with E-state index in [1.54, 1.807) is 12.1 Å². The van der Waals surface area contributed by atoms with Gasteiger partial charge in [0.2, 0.25) is 0 Å². The van der Waals surface area contributed by atoms with Gasteiger partial charge in [-0.3, -0.25) is 9.80 Å². The minimum atomic E-state index is -0.487. The van der Waals surface area contributed by atoms with Crippen LogP contribution >= 0.6 is 0 Å². The van der Waals surface area contributed by atoms with Crippen molar-refractivity contribution in [3.05, 3.63) is 101 Å². The van der Waals surface area contributed by atoms with Gasteiger partial charge >= 0.3 is 6.03 Å². The zero-order valence-corrected chi connectivity index (χ0v) is 17.6. The van der Waals surface area contributed by atoms with E-state index in [9.17, 15) is 4.79 Å². The Morgan fingerprint density at radius 2 is 1.61 bits per heavy atom. The van der Waals surface area contributed by atoms with Crippen molar-refractivity contribution in [2.75, 3.05) is 23.0 Å². The average molecular weight is 409 g/mol. The van der Waals surface area contributed by atoms with Gasteiger partial charge in [0.1, 0.15) is 5.54 Å². The minimum absolute atomic E-state index is 0.0748. The second kappa shape index (κ2) is 7.26. The number of benzene rings is 3. The maximum absolute atomic E-state index is 14.0. The number of urea groups is 1. The molecule has 2 aliphatic rings. The molecule has 5 nitrogen and oxygen atoms in total. The molecule has 0 aromatic heterocycles. The summed E-state index contributed by atoms with van der Waals surface area (Å²) in [5.74, 6) is 0. The summed E-state index contributed by atoms with van der Waals surface area (Å²) in [5, 5.41) is 0. The molecule has 0 bridgehead atoms. The van der Waals surface area contributed by atoms with E-state index in [1.165, 1.54) is 0 Å². The normalized spacial score (nSPS) is 19.4. The van der Waals surface area contributed by atoms with Gasteiger partial charge in [-0.1, -0.05) is 59.7 Å². The highest BCUT2D eigenvalue weighted by Gasteiger charge is 2.62. The van der Waals surface area contributed by atoms with E-state index in [0.29, 0.717) is 18.9 Å². The number of nitrogens with zero attached hydrogens (tertiary/aromatic N) is 3. The molecule has 0 aliphatic carbocycles. The van der Waals surface area contributed by atoms with Crippen molar-refractivity contribution in [3.63, 3.8) is 0 Å². The summed E-state index contributed by atoms with van der Waals surface area (Å²) in [5.41, 5.74) is 5.11. The second-order valence-corrected chi connectivity index (χ2v) is 8.36. The molecule has 154 valence electrons. The topological polar surface area (TPSA) is 37.1 Å². The van der Waals surface area contributed by atoms with E-state index in [4.69, 9.17) is 11.3 Å². The lowest BCUT2D eigenvalue weighted by atomic mass is 9.82. The van der Waals surface area contributed by atoms with Crippen molar-refractivity contribution in [1.82, 2.24) is 0 Å². The summed E-state index contributed by atoms with van der Waals surface area (Å²) in [6, 6.07) is 23.4. The number of anilines is 2. The molecule has 5 rings (SSSR count). The van der Waals surface area contributed by atoms with Crippen LogP contribution in [0.1, 0.15) is 22.7 Å². The van der Waals surface area contributed by atoms with Crippen LogP contribution in [0.15, 0.2) is 72.8 Å². The molecule has 0 radical (unpaired) electrons. The van der Waals surface area contributed by atoms with Crippen molar-refractivity contribution < 1.29 is 9.53 Å². The number of carbonyl (C=O) groups excluding carboxylic acids is 1. The van der Waals surface area contributed by atoms with E-state index in [0.717, 1.165) is 28.1 Å². The van der Waals surface area contributed by atoms with Crippen molar-refractivity contribution in [2.24, 2.45) is 0 Å². The fourth-order valence-corrected chi connectivity index (χ4v) is 4.68. The average Bonchev–Trinajstić information content (AvgIpc) is 3.04. The Morgan fingerprint density at radius 1 is 0.935 bits per heavy atom. The van der Waals surface area contributed by atoms with E-state index in [2.05, 4.69) is 30.0 Å². The lowest BCUT2D eigenvalue weighted by Gasteiger charge is -2.47. The fourth-order valence-electron chi connectivity index (χ4n) is 4.68. The van der Waals surface area contributed by atoms with Gasteiger partial charge in [-0.15, -0.1) is 0 Å². The third-order valence-corrected chi connectivity index (χ3v) is 6.22. The summed E-state index contributed by atoms with van der Waals surface area (Å²) < 4.78 is 5.73. The van der Waals surface area contributed by atoms with Crippen LogP contribution in [0.2, 0.25) is 0 Å². The predicted molar refractivity (Wildman–Crippen MR) is 122 cm³/mol. The molecule has 2 amide bonds. The molecule has 0 unspecified atom stereocenters. The molecule has 3 aromatic carbocycles. The Labute approximate surface area is 182 Å². The summed E-state index contributed by atoms with van der Waals surface area (Å²) >= 11 is 0. The summed E-state index contributed by atoms with van der Waals surface area (Å²) in [6.45, 7) is 12.3. The second-order valence-electron chi connectivity index (χ2n) is 8.36. The third kappa shape index (κ3) is 2.99. The first kappa shape index (κ1) is 19.3. The quantitative estimate of drug-likeness (QED) is 0.512. The maximum atomic E-state index is 14.0. The van der Waals surface area contributed by atoms with Crippen LogP contribution in [-0.2, 0) is 4.74 Å². The molecule has 1 spiro atoms. The molecule has 2 aliphatic heterocycles. The third-order valence-electron chi connectivity index (χ3n) is 6.22. The number of aryl methyl sites for hydroxylation is 2. The van der Waals surface area contributed by atoms with Gasteiger partial charge in [-0.2, -0.15) is 0 Å². The van der Waals surface area contributed by atoms with E-state index in [1.807, 2.05) is 59.2 Å². The van der Waals surface area contributed by atoms with Crippen molar-refractivity contribution in [3.8, 4) is 0 Å². The summed E-state index contributed by atoms with van der Waals surface area (Å²) in [7, 11) is 0. The Morgan fingerprint density at radius 3 is 2.19 bits per heavy atom. The molecule has 0 saturated carbocycles. The Hall–Kier alpha value is -3.62. The molecule has 0 N–H and O–H groups in total. The van der Waals surface area contributed by atoms with Crippen LogP contribution in [-0.4, -0.2) is 24.8 Å². The minimum Gasteiger partial charge on any atom is -0.376 e. The molecular weight excluding hydrogens is 386 g/mol. The number of ether oxygens (including phenoxy) is 1. The molecule has 3 aromatic rings. The molecule has 5 heteroatoms. The van der Waals surface area contributed by atoms with Crippen LogP contribution in [0, 0.1) is 20.4 Å². The van der Waals surface area contributed by atoms with Crippen LogP contribution in [0.3, 0.4) is 0 Å². The molecule has 1 atom stereocenters. The number of amides is 2. The van der Waals surface area contributed by atoms with Gasteiger partial charge in [0, 0.05) is 11.4 Å². The Balaban J connectivity index is 1.69. The number of rotatable bonds is 3. The molecule has 31 heavy (non-hydrogen) atoms. The highest BCUT2D eigenvalue weighted by atomic mass is 16.5. The SMILES string of the molecule is [C-]#[N+]c1ccc(N2C(=O)N(c3ccc(C)cc3)C3(COC3)[C@H]2c2cccc(C)c2)cc1. The van der Waals surface area contributed by atoms with Crippen LogP contribution in [0.25, 0.3) is 4.85 Å². The van der Waals surface area contributed by atoms with Crippen LogP contribution in [0.5, 0.6) is 0 Å². The summed E-state index contributed by atoms with van der Waals surface area (Å²) in [6.07, 6.45) is 0. The highest BCUT2D eigenvalue weighted by molar-refractivity contribution is 6.09. The van der Waals surface area contributed by atoms with Crippen molar-refractivity contribution in [1.29, 1.82) is 0 Å². The number of hydrogen-bond donors (Lipinski definition) is 0. The lowest BCUT2D eigenvalue weighted by Crippen LogP contribution is -2.62. The first-order valence-corrected chi connectivity index (χ1v) is 10.4. The molecular formula is C26H23N3O2. The first-order chi connectivity index (χ1) is 15.0. The van der Waals surface area contributed by atoms with Gasteiger partial charge in [0.05, 0.1) is 25.8 Å². The van der Waals surface area contributed by atoms with Gasteiger partial charge in [0.25, 0.3) is 0 Å². The zero-order chi connectivity index (χ0) is 21.6. The molecule has 2 saturated heterocycles. The predicted octanol–water partition coefficient (Wildman–Crippen LogP) is 5.81. The number of carbonyl (C=O) groups is 1. The van der Waals surface area contributed by atoms with E-state index >= 15 is 0 Å². The Bertz CT molecular complexity index is 1170. The highest BCUT2D eigenvalue weighted by Crippen LogP contribution is 2.51. The van der Waals surface area contributed by atoms with Crippen LogP contribution < -0.4 is 9.80 Å². The molecule has 2 heterocycles. The van der Waals surface area contributed by atoms with Crippen LogP contribution in [0.4, 0.5) is 21.9 Å². The zero-order valence-electron chi connectivity index (χ0n) is 17.6. The largest absolute Gasteiger partial charge is 0.376 e. The van der Waals surface area contributed by atoms with Crippen molar-refractivity contribution >= 4 is 23.1 Å². The fraction of sp³-hybridized carbons (Fsp3) is 0.231. The van der Waals surface area contributed by atoms with Gasteiger partial charge in [-0.05, 0) is 43.7 Å². The van der Waals surface area contributed by atoms with Gasteiger partial charge in [0.15, 0.2) is 5.69 Å². The standard InChI is InChI=1S/C26H23N3O2/c1-18-7-11-23(12-8-18)29-25(30)28(22-13-9-21(27-3)10-14-22)24(26(29)16-31-17-26)20-6-4-5-19(2)15-20/h4-15,24H,16-17H2,1-2H3/t24-/m1/s1. The van der Waals surface area contributed by atoms with Crippen molar-refractivity contribution in [2.45, 2.75) is 25.4 Å². The molecule has 2 fully saturated rings. The maximum Gasteiger partial charge on any atom is 0.330 e. The monoisotopic (exact) mass is 409 g/mol. The van der Waals surface area contributed by atoms with E-state index < -0.39 is 5.54 Å². The number of hydrogen-bond acceptors (Lipinski definition) is 2. The van der Waals surface area contributed by atoms with Gasteiger partial charge < -0.3 is 4.74 Å². The van der Waals surface area contributed by atoms with Gasteiger partial charge in [-0.25, -0.2) is 9.64 Å². The smallest absolute Gasteiger partial charge is 0.330 e. The summed E-state index contributed by atoms with van der Waals surface area (Å²) in [4.78, 5) is 21.2. The first-order valence-electron chi connectivity index (χ1n) is 10.4. The van der Waals surface area contributed by atoms with E-state index in [-0.39, 0.29) is 12.1 Å².